The first kappa shape index (κ1) is 21.0. The molecule has 0 saturated heterocycles. The van der Waals surface area contributed by atoms with Gasteiger partial charge in [0.25, 0.3) is 0 Å². The highest BCUT2D eigenvalue weighted by molar-refractivity contribution is 4.61. The highest BCUT2D eigenvalue weighted by Gasteiger charge is 2.08. The van der Waals surface area contributed by atoms with Crippen molar-refractivity contribution in [1.82, 2.24) is 0 Å². The Morgan fingerprint density at radius 3 is 1.14 bits per heavy atom. The van der Waals surface area contributed by atoms with Crippen LogP contribution in [0.4, 0.5) is 0 Å². The maximum Gasteiger partial charge on any atom is -0.0414 e. The van der Waals surface area contributed by atoms with Crippen LogP contribution in [0.5, 0.6) is 0 Å². The van der Waals surface area contributed by atoms with Crippen LogP contribution in [0.15, 0.2) is 0 Å². The van der Waals surface area contributed by atoms with Gasteiger partial charge in [-0.05, 0) is 5.92 Å². The summed E-state index contributed by atoms with van der Waals surface area (Å²) in [6.45, 7) is 6.95. The van der Waals surface area contributed by atoms with Crippen molar-refractivity contribution in [1.29, 1.82) is 0 Å². The Bertz CT molecular complexity index is 157. The molecule has 0 aliphatic heterocycles. The van der Waals surface area contributed by atoms with Crippen LogP contribution < -0.4 is 0 Å². The summed E-state index contributed by atoms with van der Waals surface area (Å²) in [7, 11) is 0. The molecule has 0 aromatic heterocycles. The molecule has 0 unspecified atom stereocenters. The van der Waals surface area contributed by atoms with E-state index >= 15 is 0 Å². The van der Waals surface area contributed by atoms with Crippen LogP contribution in [0.25, 0.3) is 0 Å². The van der Waals surface area contributed by atoms with Gasteiger partial charge in [0.05, 0.1) is 0 Å². The molecule has 0 nitrogen and oxygen atoms in total. The number of hydrogen-bond acceptors (Lipinski definition) is 0. The largest absolute Gasteiger partial charge is 0.0654 e. The zero-order chi connectivity index (χ0) is 15.6. The number of rotatable bonds is 17. The summed E-state index contributed by atoms with van der Waals surface area (Å²) in [4.78, 5) is 0. The maximum absolute atomic E-state index is 2.34. The molecule has 128 valence electrons. The normalized spacial score (nSPS) is 11.4. The molecule has 0 aliphatic carbocycles. The molecule has 0 radical (unpaired) electrons. The van der Waals surface area contributed by atoms with Crippen molar-refractivity contribution in [2.45, 2.75) is 130 Å². The number of hydrogen-bond donors (Lipinski definition) is 0. The van der Waals surface area contributed by atoms with Gasteiger partial charge in [-0.2, -0.15) is 0 Å². The lowest BCUT2D eigenvalue weighted by Crippen LogP contribution is -2.01. The third-order valence-electron chi connectivity index (χ3n) is 4.90. The molecule has 0 bridgehead atoms. The quantitative estimate of drug-likeness (QED) is 0.237. The smallest absolute Gasteiger partial charge is 0.0414 e. The van der Waals surface area contributed by atoms with E-state index in [1.54, 1.807) is 0 Å². The van der Waals surface area contributed by atoms with Gasteiger partial charge in [-0.15, -0.1) is 0 Å². The van der Waals surface area contributed by atoms with Gasteiger partial charge in [-0.25, -0.2) is 0 Å². The summed E-state index contributed by atoms with van der Waals surface area (Å²) in [5.74, 6) is 1.04. The van der Waals surface area contributed by atoms with E-state index < -0.39 is 0 Å². The van der Waals surface area contributed by atoms with E-state index in [1.807, 2.05) is 0 Å². The van der Waals surface area contributed by atoms with Gasteiger partial charge in [-0.1, -0.05) is 130 Å². The van der Waals surface area contributed by atoms with Gasteiger partial charge in [0.15, 0.2) is 0 Å². The van der Waals surface area contributed by atoms with Gasteiger partial charge in [0.2, 0.25) is 0 Å². The van der Waals surface area contributed by atoms with Crippen molar-refractivity contribution in [2.75, 3.05) is 0 Å². The molecule has 0 aromatic carbocycles. The summed E-state index contributed by atoms with van der Waals surface area (Å²) in [6, 6.07) is 0. The highest BCUT2D eigenvalue weighted by atomic mass is 14.1. The van der Waals surface area contributed by atoms with E-state index in [9.17, 15) is 0 Å². The fourth-order valence-electron chi connectivity index (χ4n) is 3.35. The molecule has 0 amide bonds. The second kappa shape index (κ2) is 18.1. The van der Waals surface area contributed by atoms with Crippen LogP contribution in [0.1, 0.15) is 130 Å². The third-order valence-corrected chi connectivity index (χ3v) is 4.90. The lowest BCUT2D eigenvalue weighted by atomic mass is 9.90. The first-order chi connectivity index (χ1) is 10.3. The van der Waals surface area contributed by atoms with Crippen LogP contribution in [0, 0.1) is 5.92 Å². The molecule has 0 N–H and O–H groups in total. The lowest BCUT2D eigenvalue weighted by Gasteiger charge is -2.16. The Morgan fingerprint density at radius 1 is 0.381 bits per heavy atom. The Balaban J connectivity index is 3.56. The van der Waals surface area contributed by atoms with Crippen molar-refractivity contribution >= 4 is 0 Å². The van der Waals surface area contributed by atoms with E-state index in [0.29, 0.717) is 0 Å². The van der Waals surface area contributed by atoms with Gasteiger partial charge >= 0.3 is 0 Å². The van der Waals surface area contributed by atoms with Crippen molar-refractivity contribution < 1.29 is 0 Å². The van der Waals surface area contributed by atoms with E-state index in [1.165, 1.54) is 109 Å². The van der Waals surface area contributed by atoms with Crippen LogP contribution >= 0.6 is 0 Å². The summed E-state index contributed by atoms with van der Waals surface area (Å²) in [5, 5.41) is 0. The second-order valence-electron chi connectivity index (χ2n) is 7.12. The Kier molecular flexibility index (Phi) is 18.1. The summed E-state index contributed by atoms with van der Waals surface area (Å²) in [6.07, 6.45) is 24.8. The lowest BCUT2D eigenvalue weighted by molar-refractivity contribution is 0.371. The topological polar surface area (TPSA) is 0 Å². The predicted molar refractivity (Wildman–Crippen MR) is 99.0 cm³/mol. The minimum Gasteiger partial charge on any atom is -0.0654 e. The molecule has 0 heterocycles. The first-order valence-electron chi connectivity index (χ1n) is 10.3. The molecular weight excluding hydrogens is 252 g/mol. The van der Waals surface area contributed by atoms with E-state index in [4.69, 9.17) is 0 Å². The SMILES string of the molecule is CCCCCCCCC(CCCC)CCCCCCCC. The van der Waals surface area contributed by atoms with Crippen LogP contribution in [0.3, 0.4) is 0 Å². The maximum atomic E-state index is 2.34. The predicted octanol–water partition coefficient (Wildman–Crippen LogP) is 8.29. The van der Waals surface area contributed by atoms with Crippen molar-refractivity contribution in [2.24, 2.45) is 5.92 Å². The molecule has 0 fully saturated rings. The van der Waals surface area contributed by atoms with E-state index in [0.717, 1.165) is 5.92 Å². The van der Waals surface area contributed by atoms with Gasteiger partial charge < -0.3 is 0 Å². The molecule has 0 spiro atoms. The standard InChI is InChI=1S/C21H44/c1-4-7-10-12-14-16-19-21(18-9-6-3)20-17-15-13-11-8-5-2/h21H,4-20H2,1-3H3. The Labute approximate surface area is 136 Å². The molecule has 21 heavy (non-hydrogen) atoms. The average Bonchev–Trinajstić information content (AvgIpc) is 2.50. The summed E-state index contributed by atoms with van der Waals surface area (Å²) >= 11 is 0. The van der Waals surface area contributed by atoms with Gasteiger partial charge in [0.1, 0.15) is 0 Å². The van der Waals surface area contributed by atoms with Crippen molar-refractivity contribution in [3.8, 4) is 0 Å². The zero-order valence-corrected chi connectivity index (χ0v) is 15.6. The second-order valence-corrected chi connectivity index (χ2v) is 7.12. The molecule has 0 heteroatoms. The van der Waals surface area contributed by atoms with E-state index in [-0.39, 0.29) is 0 Å². The van der Waals surface area contributed by atoms with Crippen LogP contribution in [-0.2, 0) is 0 Å². The fourth-order valence-corrected chi connectivity index (χ4v) is 3.35. The van der Waals surface area contributed by atoms with Gasteiger partial charge in [0, 0.05) is 0 Å². The molecular formula is C21H44. The summed E-state index contributed by atoms with van der Waals surface area (Å²) < 4.78 is 0. The minimum atomic E-state index is 1.04. The Hall–Kier alpha value is 0. The molecule has 0 aromatic rings. The monoisotopic (exact) mass is 296 g/mol. The fraction of sp³-hybridized carbons (Fsp3) is 1.00. The van der Waals surface area contributed by atoms with E-state index in [2.05, 4.69) is 20.8 Å². The molecule has 0 saturated carbocycles. The Morgan fingerprint density at radius 2 is 0.714 bits per heavy atom. The molecule has 0 atom stereocenters. The summed E-state index contributed by atoms with van der Waals surface area (Å²) in [5.41, 5.74) is 0. The van der Waals surface area contributed by atoms with Crippen molar-refractivity contribution in [3.63, 3.8) is 0 Å². The third kappa shape index (κ3) is 16.2. The molecule has 0 rings (SSSR count). The molecule has 0 aliphatic rings. The average molecular weight is 297 g/mol. The van der Waals surface area contributed by atoms with Gasteiger partial charge in [-0.3, -0.25) is 0 Å². The zero-order valence-electron chi connectivity index (χ0n) is 15.6. The highest BCUT2D eigenvalue weighted by Crippen LogP contribution is 2.23. The minimum absolute atomic E-state index is 1.04. The van der Waals surface area contributed by atoms with Crippen LogP contribution in [-0.4, -0.2) is 0 Å². The number of unbranched alkanes of at least 4 members (excludes halogenated alkanes) is 11. The van der Waals surface area contributed by atoms with Crippen molar-refractivity contribution in [3.05, 3.63) is 0 Å². The van der Waals surface area contributed by atoms with Crippen LogP contribution in [0.2, 0.25) is 0 Å². The first-order valence-corrected chi connectivity index (χ1v) is 10.3.